The van der Waals surface area contributed by atoms with Crippen molar-refractivity contribution in [2.24, 2.45) is 0 Å². The molecule has 34 heavy (non-hydrogen) atoms. The lowest BCUT2D eigenvalue weighted by atomic mass is 10.1. The Hall–Kier alpha value is -3.87. The lowest BCUT2D eigenvalue weighted by Crippen LogP contribution is -2.40. The molecule has 1 atom stereocenters. The summed E-state index contributed by atoms with van der Waals surface area (Å²) in [5.41, 5.74) is 1.94. The third kappa shape index (κ3) is 5.36. The van der Waals surface area contributed by atoms with Gasteiger partial charge < -0.3 is 15.0 Å². The lowest BCUT2D eigenvalue weighted by molar-refractivity contribution is -0.127. The largest absolute Gasteiger partial charge is 0.457 e. The first-order valence-corrected chi connectivity index (χ1v) is 11.6. The van der Waals surface area contributed by atoms with E-state index in [1.165, 1.54) is 6.08 Å². The highest BCUT2D eigenvalue weighted by molar-refractivity contribution is 6.00. The molecular formula is C27H30N4O3. The highest BCUT2D eigenvalue weighted by Crippen LogP contribution is 2.30. The van der Waals surface area contributed by atoms with Crippen LogP contribution >= 0.6 is 0 Å². The van der Waals surface area contributed by atoms with Crippen molar-refractivity contribution in [3.63, 3.8) is 0 Å². The van der Waals surface area contributed by atoms with Crippen LogP contribution in [0.2, 0.25) is 0 Å². The van der Waals surface area contributed by atoms with Crippen LogP contribution < -0.4 is 10.1 Å². The maximum atomic E-state index is 13.0. The topological polar surface area (TPSA) is 76.5 Å². The molecule has 1 aromatic heterocycles. The van der Waals surface area contributed by atoms with E-state index in [0.717, 1.165) is 24.2 Å². The Balaban J connectivity index is 1.62. The van der Waals surface area contributed by atoms with E-state index in [4.69, 9.17) is 9.84 Å². The molecule has 1 aliphatic rings. The third-order valence-corrected chi connectivity index (χ3v) is 5.76. The van der Waals surface area contributed by atoms with E-state index in [9.17, 15) is 9.59 Å². The number of carbonyl (C=O) groups excluding carboxylic acids is 2. The first-order chi connectivity index (χ1) is 16.4. The molecule has 1 saturated heterocycles. The van der Waals surface area contributed by atoms with Crippen molar-refractivity contribution in [2.45, 2.75) is 38.8 Å². The summed E-state index contributed by atoms with van der Waals surface area (Å²) in [6.07, 6.45) is 4.90. The van der Waals surface area contributed by atoms with E-state index in [0.29, 0.717) is 30.1 Å². The fraction of sp³-hybridized carbons (Fsp3) is 0.296. The number of amides is 2. The summed E-state index contributed by atoms with van der Waals surface area (Å²) in [5, 5.41) is 7.79. The summed E-state index contributed by atoms with van der Waals surface area (Å²) in [6.45, 7) is 8.71. The minimum absolute atomic E-state index is 0.000679. The average Bonchev–Trinajstić information content (AvgIpc) is 3.30. The molecule has 4 rings (SSSR count). The average molecular weight is 459 g/mol. The van der Waals surface area contributed by atoms with Gasteiger partial charge in [-0.3, -0.25) is 14.3 Å². The monoisotopic (exact) mass is 458 g/mol. The van der Waals surface area contributed by atoms with Crippen molar-refractivity contribution in [3.05, 3.63) is 79.0 Å². The molecule has 0 unspecified atom stereocenters. The number of hydrogen-bond acceptors (Lipinski definition) is 4. The smallest absolute Gasteiger partial charge is 0.255 e. The molecule has 2 aromatic carbocycles. The Morgan fingerprint density at radius 2 is 1.82 bits per heavy atom. The first kappa shape index (κ1) is 23.3. The number of ether oxygens (including phenoxy) is 1. The minimum Gasteiger partial charge on any atom is -0.457 e. The highest BCUT2D eigenvalue weighted by Gasteiger charge is 2.27. The van der Waals surface area contributed by atoms with Crippen LogP contribution in [0, 0.1) is 0 Å². The SMILES string of the molecule is C=CC(=O)N1CCC[C@@H](n2cc(C(=O)NC(C)C)c(-c3ccc(Oc4ccccc4)cc3)n2)C1. The van der Waals surface area contributed by atoms with Crippen molar-refractivity contribution in [1.82, 2.24) is 20.0 Å². The van der Waals surface area contributed by atoms with Gasteiger partial charge in [0.15, 0.2) is 0 Å². The van der Waals surface area contributed by atoms with Crippen LogP contribution in [-0.2, 0) is 4.79 Å². The molecule has 3 aromatic rings. The zero-order chi connectivity index (χ0) is 24.1. The van der Waals surface area contributed by atoms with Gasteiger partial charge in [-0.2, -0.15) is 5.10 Å². The molecule has 2 heterocycles. The molecule has 7 nitrogen and oxygen atoms in total. The van der Waals surface area contributed by atoms with Crippen LogP contribution in [0.5, 0.6) is 11.5 Å². The van der Waals surface area contributed by atoms with Gasteiger partial charge in [0.25, 0.3) is 5.91 Å². The van der Waals surface area contributed by atoms with Crippen molar-refractivity contribution in [3.8, 4) is 22.8 Å². The first-order valence-electron chi connectivity index (χ1n) is 11.6. The predicted molar refractivity (Wildman–Crippen MR) is 132 cm³/mol. The third-order valence-electron chi connectivity index (χ3n) is 5.76. The lowest BCUT2D eigenvalue weighted by Gasteiger charge is -2.32. The number of piperidine rings is 1. The number of aromatic nitrogens is 2. The summed E-state index contributed by atoms with van der Waals surface area (Å²) in [4.78, 5) is 26.9. The standard InChI is InChI=1S/C27H30N4O3/c1-4-25(32)30-16-8-9-21(17-30)31-18-24(27(33)28-19(2)3)26(29-31)20-12-14-23(15-13-20)34-22-10-6-5-7-11-22/h4-7,10-15,18-19,21H,1,8-9,16-17H2,2-3H3,(H,28,33)/t21-/m1/s1. The van der Waals surface area contributed by atoms with Crippen LogP contribution in [0.15, 0.2) is 73.4 Å². The van der Waals surface area contributed by atoms with Gasteiger partial charge in [-0.15, -0.1) is 0 Å². The fourth-order valence-electron chi connectivity index (χ4n) is 4.10. The summed E-state index contributed by atoms with van der Waals surface area (Å²) in [5.74, 6) is 1.21. The quantitative estimate of drug-likeness (QED) is 0.515. The zero-order valence-corrected chi connectivity index (χ0v) is 19.6. The Morgan fingerprint density at radius 3 is 2.50 bits per heavy atom. The van der Waals surface area contributed by atoms with Gasteiger partial charge in [0.2, 0.25) is 5.91 Å². The minimum atomic E-state index is -0.171. The van der Waals surface area contributed by atoms with Crippen LogP contribution in [-0.4, -0.2) is 45.6 Å². The van der Waals surface area contributed by atoms with E-state index in [1.54, 1.807) is 11.1 Å². The predicted octanol–water partition coefficient (Wildman–Crippen LogP) is 4.83. The highest BCUT2D eigenvalue weighted by atomic mass is 16.5. The number of likely N-dealkylation sites (tertiary alicyclic amines) is 1. The zero-order valence-electron chi connectivity index (χ0n) is 19.6. The molecule has 176 valence electrons. The Bertz CT molecular complexity index is 1150. The normalized spacial score (nSPS) is 15.7. The second-order valence-electron chi connectivity index (χ2n) is 8.72. The molecule has 0 aliphatic carbocycles. The fourth-order valence-corrected chi connectivity index (χ4v) is 4.10. The van der Waals surface area contributed by atoms with Crippen molar-refractivity contribution in [2.75, 3.05) is 13.1 Å². The Morgan fingerprint density at radius 1 is 1.12 bits per heavy atom. The molecular weight excluding hydrogens is 428 g/mol. The van der Waals surface area contributed by atoms with Gasteiger partial charge in [0, 0.05) is 30.9 Å². The molecule has 1 fully saturated rings. The van der Waals surface area contributed by atoms with Gasteiger partial charge >= 0.3 is 0 Å². The maximum Gasteiger partial charge on any atom is 0.255 e. The molecule has 0 radical (unpaired) electrons. The number of nitrogens with one attached hydrogen (secondary N) is 1. The second-order valence-corrected chi connectivity index (χ2v) is 8.72. The van der Waals surface area contributed by atoms with E-state index < -0.39 is 0 Å². The van der Waals surface area contributed by atoms with Gasteiger partial charge in [0.05, 0.1) is 11.6 Å². The number of nitrogens with zero attached hydrogens (tertiary/aromatic N) is 3. The van der Waals surface area contributed by atoms with Crippen molar-refractivity contribution in [1.29, 1.82) is 0 Å². The molecule has 7 heteroatoms. The van der Waals surface area contributed by atoms with Crippen LogP contribution in [0.4, 0.5) is 0 Å². The summed E-state index contributed by atoms with van der Waals surface area (Å²) in [6, 6.07) is 17.1. The van der Waals surface area contributed by atoms with Gasteiger partial charge in [0.1, 0.15) is 17.2 Å². The number of carbonyl (C=O) groups is 2. The van der Waals surface area contributed by atoms with Crippen LogP contribution in [0.3, 0.4) is 0 Å². The molecule has 0 saturated carbocycles. The van der Waals surface area contributed by atoms with Crippen molar-refractivity contribution < 1.29 is 14.3 Å². The summed E-state index contributed by atoms with van der Waals surface area (Å²) < 4.78 is 7.73. The summed E-state index contributed by atoms with van der Waals surface area (Å²) in [7, 11) is 0. The Labute approximate surface area is 200 Å². The number of rotatable bonds is 7. The second kappa shape index (κ2) is 10.4. The maximum absolute atomic E-state index is 13.0. The van der Waals surface area contributed by atoms with E-state index >= 15 is 0 Å². The Kier molecular flexibility index (Phi) is 7.11. The summed E-state index contributed by atoms with van der Waals surface area (Å²) >= 11 is 0. The van der Waals surface area contributed by atoms with Crippen LogP contribution in [0.1, 0.15) is 43.1 Å². The number of hydrogen-bond donors (Lipinski definition) is 1. The molecule has 1 N–H and O–H groups in total. The van der Waals surface area contributed by atoms with Gasteiger partial charge in [-0.05, 0) is 69.2 Å². The van der Waals surface area contributed by atoms with Gasteiger partial charge in [-0.25, -0.2) is 0 Å². The van der Waals surface area contributed by atoms with E-state index in [2.05, 4.69) is 11.9 Å². The van der Waals surface area contributed by atoms with Gasteiger partial charge in [-0.1, -0.05) is 24.8 Å². The van der Waals surface area contributed by atoms with Crippen LogP contribution in [0.25, 0.3) is 11.3 Å². The molecule has 2 amide bonds. The van der Waals surface area contributed by atoms with E-state index in [1.807, 2.05) is 73.1 Å². The molecule has 1 aliphatic heterocycles. The van der Waals surface area contributed by atoms with Crippen molar-refractivity contribution >= 4 is 11.8 Å². The molecule has 0 spiro atoms. The van der Waals surface area contributed by atoms with E-state index in [-0.39, 0.29) is 23.9 Å². The number of para-hydroxylation sites is 1. The number of benzene rings is 2. The molecule has 0 bridgehead atoms.